The number of aliphatic hydroxyl groups is 11. The molecule has 3 unspecified atom stereocenters. The number of hydrogen-bond donors (Lipinski definition) is 20. The molecule has 3 aliphatic heterocycles. The third kappa shape index (κ3) is 17.5. The molecule has 3 heterocycles. The first-order valence-electron chi connectivity index (χ1n) is 15.1. The van der Waals surface area contributed by atoms with E-state index in [0.717, 1.165) is 11.2 Å². The van der Waals surface area contributed by atoms with Gasteiger partial charge in [0.2, 0.25) is 5.96 Å². The van der Waals surface area contributed by atoms with Gasteiger partial charge in [-0.05, 0) is 0 Å². The molecular weight excluding hydrogens is 837 g/mol. The van der Waals surface area contributed by atoms with Crippen molar-refractivity contribution in [3.05, 3.63) is 0 Å². The second-order valence-electron chi connectivity index (χ2n) is 11.8. The summed E-state index contributed by atoms with van der Waals surface area (Å²) in [6.07, 6.45) is -5.35. The van der Waals surface area contributed by atoms with Crippen LogP contribution in [0, 0.1) is 5.41 Å². The molecule has 0 saturated carbocycles. The molecule has 0 aromatic rings. The van der Waals surface area contributed by atoms with Crippen LogP contribution in [0.1, 0.15) is 0 Å². The summed E-state index contributed by atoms with van der Waals surface area (Å²) >= 11 is 0. The largest absolute Gasteiger partial charge is 0.490 e. The number of amidine groups is 1. The molecule has 3 rings (SSSR count). The monoisotopic (exact) mass is 886 g/mol. The average molecular weight is 887 g/mol. The van der Waals surface area contributed by atoms with Crippen molar-refractivity contribution < 1.29 is 112 Å². The lowest BCUT2D eigenvalue weighted by atomic mass is 10.1. The van der Waals surface area contributed by atoms with E-state index in [9.17, 15) is 33.6 Å². The third-order valence-corrected chi connectivity index (χ3v) is 10.6. The highest BCUT2D eigenvalue weighted by Gasteiger charge is 2.51. The van der Waals surface area contributed by atoms with Gasteiger partial charge in [0.25, 0.3) is 5.91 Å². The first-order valence-corrected chi connectivity index (χ1v) is 19.6. The average Bonchev–Trinajstić information content (AvgIpc) is 3.68. The molecule has 34 heteroatoms. The van der Waals surface area contributed by atoms with Gasteiger partial charge >= 0.3 is 23.5 Å². The van der Waals surface area contributed by atoms with Gasteiger partial charge < -0.3 is 97.7 Å². The van der Waals surface area contributed by atoms with Gasteiger partial charge in [-0.3, -0.25) is 29.9 Å². The van der Waals surface area contributed by atoms with E-state index < -0.39 is 149 Å². The summed E-state index contributed by atoms with van der Waals surface area (Å²) in [6, 6.07) is -1.13. The fourth-order valence-corrected chi connectivity index (χ4v) is 6.28. The van der Waals surface area contributed by atoms with Crippen LogP contribution < -0.4 is 22.5 Å². The molecule has 0 aromatic carbocycles. The number of carbonyl (C=O) groups is 1. The Bertz CT molecular complexity index is 1390. The number of rotatable bonds is 17. The van der Waals surface area contributed by atoms with Crippen LogP contribution in [0.15, 0.2) is 9.98 Å². The van der Waals surface area contributed by atoms with Crippen molar-refractivity contribution >= 4 is 47.5 Å². The van der Waals surface area contributed by atoms with E-state index in [-0.39, 0.29) is 5.84 Å². The number of aliphatic hydroxyl groups excluding tert-OH is 11. The quantitative estimate of drug-likeness (QED) is 0.0603. The lowest BCUT2D eigenvalue weighted by Gasteiger charge is -2.28. The molecule has 330 valence electrons. The Balaban J connectivity index is 0.00000102. The highest BCUT2D eigenvalue weighted by Crippen LogP contribution is 2.66. The molecule has 31 nitrogen and oxygen atoms in total. The molecule has 56 heavy (non-hydrogen) atoms. The van der Waals surface area contributed by atoms with Crippen LogP contribution in [-0.4, -0.2) is 218 Å². The fourth-order valence-electron chi connectivity index (χ4n) is 3.25. The van der Waals surface area contributed by atoms with Gasteiger partial charge in [-0.2, -0.15) is 13.6 Å². The topological polar surface area (TPSA) is 551 Å². The van der Waals surface area contributed by atoms with Crippen molar-refractivity contribution in [1.82, 2.24) is 10.2 Å². The van der Waals surface area contributed by atoms with Crippen LogP contribution in [0.2, 0.25) is 0 Å². The van der Waals surface area contributed by atoms with Crippen LogP contribution in [-0.2, 0) is 36.4 Å². The third-order valence-electron chi connectivity index (χ3n) is 6.83. The number of guanidine groups is 1. The number of carbonyl (C=O) groups excluding carboxylic acids is 1. The summed E-state index contributed by atoms with van der Waals surface area (Å²) in [6.45, 7) is -4.64. The summed E-state index contributed by atoms with van der Waals surface area (Å²) in [7, 11) is -16.8. The van der Waals surface area contributed by atoms with Gasteiger partial charge in [-0.25, -0.2) is 13.7 Å². The molecule has 3 aliphatic rings. The van der Waals surface area contributed by atoms with Gasteiger partial charge in [0, 0.05) is 0 Å². The van der Waals surface area contributed by atoms with E-state index >= 15 is 0 Å². The fraction of sp³-hybridized carbons (Fsp3) is 0.818. The van der Waals surface area contributed by atoms with E-state index in [2.05, 4.69) is 28.4 Å². The Hall–Kier alpha value is -1.91. The Morgan fingerprint density at radius 1 is 0.750 bits per heavy atom. The van der Waals surface area contributed by atoms with Crippen molar-refractivity contribution in [1.29, 1.82) is 5.41 Å². The maximum atomic E-state index is 11.8. The highest BCUT2D eigenvalue weighted by atomic mass is 31.3. The molecular formula is C22H49N8O23P3. The summed E-state index contributed by atoms with van der Waals surface area (Å²) in [5, 5.41) is 105. The molecule has 23 N–H and O–H groups in total. The summed E-state index contributed by atoms with van der Waals surface area (Å²) in [5.74, 6) is -1.27. The Labute approximate surface area is 315 Å². The zero-order chi connectivity index (χ0) is 43.9. The minimum atomic E-state index is -5.73. The van der Waals surface area contributed by atoms with Crippen molar-refractivity contribution in [3.8, 4) is 0 Å². The van der Waals surface area contributed by atoms with Crippen LogP contribution in [0.4, 0.5) is 0 Å². The molecule has 1 amide bonds. The van der Waals surface area contributed by atoms with Gasteiger partial charge in [0.05, 0.1) is 89.0 Å². The zero-order valence-corrected chi connectivity index (χ0v) is 31.6. The number of amides is 1. The first kappa shape index (κ1) is 54.1. The van der Waals surface area contributed by atoms with Crippen molar-refractivity contribution in [3.63, 3.8) is 0 Å². The van der Waals surface area contributed by atoms with Crippen molar-refractivity contribution in [2.75, 3.05) is 66.1 Å². The lowest BCUT2D eigenvalue weighted by Crippen LogP contribution is -2.53. The molecule has 0 bridgehead atoms. The lowest BCUT2D eigenvalue weighted by molar-refractivity contribution is -0.119. The zero-order valence-electron chi connectivity index (χ0n) is 28.9. The second-order valence-corrected chi connectivity index (χ2v) is 16.2. The number of nitrogens with zero attached hydrogens (tertiary/aromatic N) is 3. The van der Waals surface area contributed by atoms with E-state index in [0.29, 0.717) is 0 Å². The molecule has 0 aliphatic carbocycles. The molecule has 0 aromatic heterocycles. The normalized spacial score (nSPS) is 24.6. The number of hydrogen-bond acceptors (Lipinski definition) is 25. The maximum absolute atomic E-state index is 11.8. The number of phosphoric acid groups is 3. The first-order chi connectivity index (χ1) is 25.6. The van der Waals surface area contributed by atoms with Crippen LogP contribution >= 0.6 is 23.5 Å². The van der Waals surface area contributed by atoms with Gasteiger partial charge in [0.1, 0.15) is 18.3 Å². The smallest absolute Gasteiger partial charge is 0.394 e. The van der Waals surface area contributed by atoms with Crippen molar-refractivity contribution in [2.24, 2.45) is 27.2 Å². The van der Waals surface area contributed by atoms with Crippen LogP contribution in [0.3, 0.4) is 0 Å². The second kappa shape index (κ2) is 23.0. The predicted octanol–water partition coefficient (Wildman–Crippen LogP) is -10.1. The maximum Gasteiger partial charge on any atom is 0.490 e. The molecule has 1 saturated heterocycles. The van der Waals surface area contributed by atoms with E-state index in [1.54, 1.807) is 0 Å². The SMILES string of the molecule is N=C1N=C2C(N=CN2[C@@H]2O[C@H](COP(=O)(O)OP(=O)(O)OP(=O)(O)O)[C@@H](O)[C@H]2O)C(=O)N1.NC(CO)(CO)CO.NC(CO)(CO)CO.NC(CO)(CO)CO. The Morgan fingerprint density at radius 3 is 1.52 bits per heavy atom. The summed E-state index contributed by atoms with van der Waals surface area (Å²) < 4.78 is 50.5. The van der Waals surface area contributed by atoms with E-state index in [1.807, 2.05) is 0 Å². The predicted molar refractivity (Wildman–Crippen MR) is 182 cm³/mol. The molecule has 1 fully saturated rings. The van der Waals surface area contributed by atoms with Crippen molar-refractivity contribution in [2.45, 2.75) is 47.2 Å². The van der Waals surface area contributed by atoms with E-state index in [4.69, 9.17) is 88.0 Å². The summed E-state index contributed by atoms with van der Waals surface area (Å²) in [5.41, 5.74) is 11.8. The van der Waals surface area contributed by atoms with Crippen LogP contribution in [0.5, 0.6) is 0 Å². The minimum absolute atomic E-state index is 0.0939. The highest BCUT2D eigenvalue weighted by molar-refractivity contribution is 7.66. The van der Waals surface area contributed by atoms with E-state index in [1.165, 1.54) is 0 Å². The molecule has 0 radical (unpaired) electrons. The summed E-state index contributed by atoms with van der Waals surface area (Å²) in [4.78, 5) is 56.1. The molecule has 7 atom stereocenters. The number of nitrogens with two attached hydrogens (primary N) is 3. The number of fused-ring (bicyclic) bond motifs is 1. The standard InChI is InChI=1S/C10H16N5O14P3.3C4H11NO3/c11-10-13-7-4(8(18)14-10)12-2-15(7)9-6(17)5(16)3(27-9)1-26-31(22,23)29-32(24,25)28-30(19,20)21;3*5-4(1-6,2-7)3-8/h2-6,9,16-17H,1H2,(H,22,23)(H,24,25)(H2,11,14,18)(H2,19,20,21);3*6-8H,1-3,5H2/t3-,4?,5-,6-,9-;;;/m1.../s1. The Morgan fingerprint density at radius 2 is 1.16 bits per heavy atom. The van der Waals surface area contributed by atoms with Gasteiger partial charge in [-0.15, -0.1) is 0 Å². The number of phosphoric ester groups is 1. The number of aliphatic imine (C=N–C) groups is 2. The minimum Gasteiger partial charge on any atom is -0.394 e. The number of nitrogens with one attached hydrogen (secondary N) is 2. The molecule has 0 spiro atoms. The van der Waals surface area contributed by atoms with Crippen LogP contribution in [0.25, 0.3) is 0 Å². The Kier molecular flexibility index (Phi) is 22.2. The van der Waals surface area contributed by atoms with Gasteiger partial charge in [-0.1, -0.05) is 0 Å². The van der Waals surface area contributed by atoms with Gasteiger partial charge in [0.15, 0.2) is 18.1 Å². The number of ether oxygens (including phenoxy) is 1.